The van der Waals surface area contributed by atoms with Crippen LogP contribution in [-0.2, 0) is 0 Å². The van der Waals surface area contributed by atoms with Gasteiger partial charge in [-0.15, -0.1) is 0 Å². The molecule has 0 aliphatic carbocycles. The molecule has 0 aliphatic rings. The third kappa shape index (κ3) is 4.57. The van der Waals surface area contributed by atoms with E-state index in [0.717, 1.165) is 0 Å². The summed E-state index contributed by atoms with van der Waals surface area (Å²) in [5.41, 5.74) is 0.330. The maximum Gasteiger partial charge on any atom is 0.387 e. The lowest BCUT2D eigenvalue weighted by Gasteiger charge is -2.10. The van der Waals surface area contributed by atoms with Crippen LogP contribution in [0.15, 0.2) is 30.5 Å². The van der Waals surface area contributed by atoms with Gasteiger partial charge in [0.05, 0.1) is 7.11 Å². The van der Waals surface area contributed by atoms with Gasteiger partial charge < -0.3 is 14.4 Å². The minimum Gasteiger partial charge on any atom is -0.493 e. The van der Waals surface area contributed by atoms with Crippen LogP contribution in [-0.4, -0.2) is 38.5 Å². The second kappa shape index (κ2) is 6.72. The quantitative estimate of drug-likeness (QED) is 0.589. The molecule has 0 saturated heterocycles. The number of halogens is 2. The van der Waals surface area contributed by atoms with Crippen LogP contribution in [0.5, 0.6) is 11.5 Å². The molecule has 0 saturated carbocycles. The lowest BCUT2D eigenvalue weighted by atomic mass is 10.1. The number of ether oxygens (including phenoxy) is 2. The lowest BCUT2D eigenvalue weighted by molar-refractivity contribution is -0.0512. The number of carbonyl (C=O) groups is 1. The van der Waals surface area contributed by atoms with E-state index in [-0.39, 0.29) is 17.3 Å². The van der Waals surface area contributed by atoms with Crippen LogP contribution in [0, 0.1) is 0 Å². The number of benzene rings is 1. The number of ketones is 1. The molecule has 6 heteroatoms. The molecule has 19 heavy (non-hydrogen) atoms. The molecule has 1 rings (SSSR count). The van der Waals surface area contributed by atoms with E-state index in [1.807, 2.05) is 0 Å². The fourth-order valence-corrected chi connectivity index (χ4v) is 1.33. The standard InChI is InChI=1S/C13H15F2NO3/c1-16(2)7-6-10(17)9-4-5-11(19-13(14)15)12(8-9)18-3/h4-8,13H,1-3H3. The maximum atomic E-state index is 12.1. The number of methoxy groups -OCH3 is 1. The van der Waals surface area contributed by atoms with Gasteiger partial charge in [0.25, 0.3) is 0 Å². The van der Waals surface area contributed by atoms with E-state index in [0.29, 0.717) is 5.56 Å². The van der Waals surface area contributed by atoms with Crippen molar-refractivity contribution in [2.45, 2.75) is 6.61 Å². The number of rotatable bonds is 6. The number of hydrogen-bond donors (Lipinski definition) is 0. The van der Waals surface area contributed by atoms with Gasteiger partial charge in [0.2, 0.25) is 0 Å². The Morgan fingerprint density at radius 2 is 2.00 bits per heavy atom. The highest BCUT2D eigenvalue weighted by Gasteiger charge is 2.12. The van der Waals surface area contributed by atoms with Crippen molar-refractivity contribution in [3.63, 3.8) is 0 Å². The van der Waals surface area contributed by atoms with E-state index < -0.39 is 6.61 Å². The number of alkyl halides is 2. The highest BCUT2D eigenvalue weighted by atomic mass is 19.3. The van der Waals surface area contributed by atoms with Gasteiger partial charge in [-0.05, 0) is 18.2 Å². The fraction of sp³-hybridized carbons (Fsp3) is 0.308. The van der Waals surface area contributed by atoms with Crippen molar-refractivity contribution in [2.24, 2.45) is 0 Å². The van der Waals surface area contributed by atoms with Crippen molar-refractivity contribution in [3.05, 3.63) is 36.0 Å². The van der Waals surface area contributed by atoms with Crippen molar-refractivity contribution in [3.8, 4) is 11.5 Å². The molecule has 0 aliphatic heterocycles. The molecule has 0 aromatic heterocycles. The van der Waals surface area contributed by atoms with E-state index in [9.17, 15) is 13.6 Å². The van der Waals surface area contributed by atoms with Crippen molar-refractivity contribution in [1.29, 1.82) is 0 Å². The van der Waals surface area contributed by atoms with E-state index in [1.54, 1.807) is 25.2 Å². The second-order valence-corrected chi connectivity index (χ2v) is 3.89. The van der Waals surface area contributed by atoms with Gasteiger partial charge in [-0.25, -0.2) is 0 Å². The van der Waals surface area contributed by atoms with Crippen molar-refractivity contribution in [1.82, 2.24) is 4.90 Å². The molecule has 0 fully saturated rings. The Morgan fingerprint density at radius 3 is 2.53 bits per heavy atom. The Bertz CT molecular complexity index is 473. The monoisotopic (exact) mass is 271 g/mol. The van der Waals surface area contributed by atoms with Crippen LogP contribution in [0.4, 0.5) is 8.78 Å². The Kier molecular flexibility index (Phi) is 5.29. The molecular formula is C13H15F2NO3. The second-order valence-electron chi connectivity index (χ2n) is 3.89. The first kappa shape index (κ1) is 14.9. The maximum absolute atomic E-state index is 12.1. The zero-order valence-electron chi connectivity index (χ0n) is 10.9. The predicted octanol–water partition coefficient (Wildman–Crippen LogP) is 2.55. The van der Waals surface area contributed by atoms with Gasteiger partial charge in [-0.1, -0.05) is 0 Å². The number of hydrogen-bond acceptors (Lipinski definition) is 4. The highest BCUT2D eigenvalue weighted by molar-refractivity contribution is 6.04. The third-order valence-corrected chi connectivity index (χ3v) is 2.19. The summed E-state index contributed by atoms with van der Waals surface area (Å²) in [4.78, 5) is 13.5. The van der Waals surface area contributed by atoms with Crippen LogP contribution in [0.2, 0.25) is 0 Å². The summed E-state index contributed by atoms with van der Waals surface area (Å²) in [5, 5.41) is 0. The Hall–Kier alpha value is -2.11. The van der Waals surface area contributed by atoms with Gasteiger partial charge in [0.1, 0.15) is 0 Å². The average molecular weight is 271 g/mol. The largest absolute Gasteiger partial charge is 0.493 e. The molecule has 0 N–H and O–H groups in total. The molecule has 0 heterocycles. The van der Waals surface area contributed by atoms with Crippen molar-refractivity contribution < 1.29 is 23.0 Å². The molecule has 0 spiro atoms. The molecule has 0 unspecified atom stereocenters. The summed E-state index contributed by atoms with van der Waals surface area (Å²) in [5.74, 6) is -0.273. The summed E-state index contributed by atoms with van der Waals surface area (Å²) in [7, 11) is 4.88. The third-order valence-electron chi connectivity index (χ3n) is 2.19. The van der Waals surface area contributed by atoms with Gasteiger partial charge >= 0.3 is 6.61 Å². The summed E-state index contributed by atoms with van der Waals surface area (Å²) in [6, 6.07) is 4.05. The Labute approximate surface area is 110 Å². The van der Waals surface area contributed by atoms with Crippen LogP contribution in [0.1, 0.15) is 10.4 Å². The summed E-state index contributed by atoms with van der Waals surface area (Å²) >= 11 is 0. The first-order chi connectivity index (χ1) is 8.93. The average Bonchev–Trinajstić information content (AvgIpc) is 2.35. The van der Waals surface area contributed by atoms with E-state index in [1.165, 1.54) is 31.4 Å². The minimum atomic E-state index is -2.94. The van der Waals surface area contributed by atoms with Gasteiger partial charge in [-0.2, -0.15) is 8.78 Å². The Morgan fingerprint density at radius 1 is 1.32 bits per heavy atom. The van der Waals surface area contributed by atoms with Gasteiger partial charge in [-0.3, -0.25) is 4.79 Å². The van der Waals surface area contributed by atoms with E-state index in [2.05, 4.69) is 4.74 Å². The minimum absolute atomic E-state index is 0.0874. The molecule has 4 nitrogen and oxygen atoms in total. The molecule has 0 radical (unpaired) electrons. The normalized spacial score (nSPS) is 10.8. The first-order valence-corrected chi connectivity index (χ1v) is 5.46. The zero-order chi connectivity index (χ0) is 14.4. The topological polar surface area (TPSA) is 38.8 Å². The first-order valence-electron chi connectivity index (χ1n) is 5.46. The van der Waals surface area contributed by atoms with Crippen molar-refractivity contribution >= 4 is 5.78 Å². The molecule has 1 aromatic carbocycles. The number of carbonyl (C=O) groups excluding carboxylic acids is 1. The molecule has 0 amide bonds. The molecule has 1 aromatic rings. The molecular weight excluding hydrogens is 256 g/mol. The smallest absolute Gasteiger partial charge is 0.387 e. The zero-order valence-corrected chi connectivity index (χ0v) is 10.9. The summed E-state index contributed by atoms with van der Waals surface area (Å²) in [6.07, 6.45) is 2.97. The molecule has 0 bridgehead atoms. The van der Waals surface area contributed by atoms with Crippen LogP contribution in [0.3, 0.4) is 0 Å². The highest BCUT2D eigenvalue weighted by Crippen LogP contribution is 2.29. The van der Waals surface area contributed by atoms with Crippen molar-refractivity contribution in [2.75, 3.05) is 21.2 Å². The molecule has 104 valence electrons. The van der Waals surface area contributed by atoms with Gasteiger partial charge in [0, 0.05) is 31.9 Å². The lowest BCUT2D eigenvalue weighted by Crippen LogP contribution is -2.05. The van der Waals surface area contributed by atoms with E-state index >= 15 is 0 Å². The SMILES string of the molecule is COc1cc(C(=O)C=CN(C)C)ccc1OC(F)F. The summed E-state index contributed by atoms with van der Waals surface area (Å²) in [6.45, 7) is -2.94. The number of allylic oxidation sites excluding steroid dienone is 1. The molecule has 0 atom stereocenters. The van der Waals surface area contributed by atoms with Crippen LogP contribution < -0.4 is 9.47 Å². The Balaban J connectivity index is 2.96. The fourth-order valence-electron chi connectivity index (χ4n) is 1.33. The van der Waals surface area contributed by atoms with Crippen LogP contribution >= 0.6 is 0 Å². The van der Waals surface area contributed by atoms with Gasteiger partial charge in [0.15, 0.2) is 17.3 Å². The van der Waals surface area contributed by atoms with Crippen LogP contribution in [0.25, 0.3) is 0 Å². The summed E-state index contributed by atoms with van der Waals surface area (Å²) < 4.78 is 33.5. The van der Waals surface area contributed by atoms with E-state index in [4.69, 9.17) is 4.74 Å². The predicted molar refractivity (Wildman–Crippen MR) is 66.8 cm³/mol. The number of nitrogens with zero attached hydrogens (tertiary/aromatic N) is 1.